The van der Waals surface area contributed by atoms with Gasteiger partial charge in [0.1, 0.15) is 12.4 Å². The second-order valence-electron chi connectivity index (χ2n) is 8.62. The highest BCUT2D eigenvalue weighted by atomic mass is 16.5. The van der Waals surface area contributed by atoms with E-state index < -0.39 is 0 Å². The van der Waals surface area contributed by atoms with E-state index >= 15 is 0 Å². The van der Waals surface area contributed by atoms with Crippen LogP contribution in [0.3, 0.4) is 0 Å². The minimum atomic E-state index is 0.541. The van der Waals surface area contributed by atoms with Crippen LogP contribution < -0.4 is 15.4 Å². The number of hydrogen-bond acceptors (Lipinski definition) is 4. The summed E-state index contributed by atoms with van der Waals surface area (Å²) in [5.41, 5.74) is 3.67. The Morgan fingerprint density at radius 2 is 1.94 bits per heavy atom. The van der Waals surface area contributed by atoms with Gasteiger partial charge in [0, 0.05) is 51.9 Å². The van der Waals surface area contributed by atoms with E-state index in [1.807, 2.05) is 7.05 Å². The maximum absolute atomic E-state index is 5.91. The van der Waals surface area contributed by atoms with Crippen LogP contribution in [-0.4, -0.2) is 57.4 Å². The van der Waals surface area contributed by atoms with Crippen LogP contribution in [0.25, 0.3) is 0 Å². The Morgan fingerprint density at radius 3 is 2.69 bits per heavy atom. The Balaban J connectivity index is 1.47. The van der Waals surface area contributed by atoms with E-state index in [1.54, 1.807) is 7.11 Å². The number of nitrogens with zero attached hydrogens (tertiary/aromatic N) is 2. The summed E-state index contributed by atoms with van der Waals surface area (Å²) in [4.78, 5) is 6.99. The number of guanidine groups is 1. The molecule has 0 aromatic heterocycles. The molecule has 3 rings (SSSR count). The molecular weight excluding hydrogens is 400 g/mol. The van der Waals surface area contributed by atoms with Crippen molar-refractivity contribution in [2.45, 2.75) is 39.4 Å². The second-order valence-corrected chi connectivity index (χ2v) is 8.62. The number of hydrogen-bond donors (Lipinski definition) is 2. The summed E-state index contributed by atoms with van der Waals surface area (Å²) in [6.45, 7) is 9.22. The minimum absolute atomic E-state index is 0.541. The van der Waals surface area contributed by atoms with Gasteiger partial charge in [-0.15, -0.1) is 0 Å². The summed E-state index contributed by atoms with van der Waals surface area (Å²) >= 11 is 0. The minimum Gasteiger partial charge on any atom is -0.491 e. The van der Waals surface area contributed by atoms with Crippen LogP contribution in [0.4, 0.5) is 0 Å². The molecule has 0 amide bonds. The normalized spacial score (nSPS) is 19.2. The van der Waals surface area contributed by atoms with Crippen molar-refractivity contribution in [1.29, 1.82) is 0 Å². The van der Waals surface area contributed by atoms with Crippen LogP contribution in [-0.2, 0) is 17.8 Å². The number of aliphatic imine (C=N–C) groups is 1. The van der Waals surface area contributed by atoms with Crippen LogP contribution in [0.15, 0.2) is 53.5 Å². The zero-order valence-electron chi connectivity index (χ0n) is 19.9. The predicted molar refractivity (Wildman–Crippen MR) is 131 cm³/mol. The molecule has 1 heterocycles. The molecule has 0 bridgehead atoms. The summed E-state index contributed by atoms with van der Waals surface area (Å²) in [5.74, 6) is 2.33. The average Bonchev–Trinajstić information content (AvgIpc) is 3.15. The molecular formula is C26H38N4O2. The SMILES string of the molecule is CN=C(NCc1ccc(C)cc1OCCOC)NCC1CC(C)N(Cc2ccccc2)C1. The van der Waals surface area contributed by atoms with Gasteiger partial charge in [-0.25, -0.2) is 0 Å². The molecule has 0 aliphatic carbocycles. The molecule has 0 radical (unpaired) electrons. The summed E-state index contributed by atoms with van der Waals surface area (Å²) in [5, 5.41) is 6.96. The van der Waals surface area contributed by atoms with Gasteiger partial charge in [-0.3, -0.25) is 9.89 Å². The van der Waals surface area contributed by atoms with Crippen LogP contribution in [0, 0.1) is 12.8 Å². The van der Waals surface area contributed by atoms with Gasteiger partial charge in [0.15, 0.2) is 5.96 Å². The fraction of sp³-hybridized carbons (Fsp3) is 0.500. The number of ether oxygens (including phenoxy) is 2. The maximum atomic E-state index is 5.91. The smallest absolute Gasteiger partial charge is 0.191 e. The van der Waals surface area contributed by atoms with Crippen LogP contribution in [0.1, 0.15) is 30.0 Å². The average molecular weight is 439 g/mol. The van der Waals surface area contributed by atoms with E-state index in [4.69, 9.17) is 9.47 Å². The Labute approximate surface area is 193 Å². The summed E-state index contributed by atoms with van der Waals surface area (Å²) < 4.78 is 11.0. The Kier molecular flexibility index (Phi) is 9.38. The molecule has 1 aliphatic rings. The number of likely N-dealkylation sites (tertiary alicyclic amines) is 1. The molecule has 2 atom stereocenters. The van der Waals surface area contributed by atoms with E-state index in [2.05, 4.69) is 82.9 Å². The quantitative estimate of drug-likeness (QED) is 0.337. The Hall–Kier alpha value is -2.57. The van der Waals surface area contributed by atoms with E-state index in [9.17, 15) is 0 Å². The lowest BCUT2D eigenvalue weighted by Gasteiger charge is -2.21. The number of rotatable bonds is 10. The first-order valence-corrected chi connectivity index (χ1v) is 11.5. The molecule has 0 saturated carbocycles. The predicted octanol–water partition coefficient (Wildman–Crippen LogP) is 3.60. The van der Waals surface area contributed by atoms with Crippen molar-refractivity contribution in [3.63, 3.8) is 0 Å². The van der Waals surface area contributed by atoms with Crippen molar-refractivity contribution < 1.29 is 9.47 Å². The van der Waals surface area contributed by atoms with Gasteiger partial charge in [0.05, 0.1) is 6.61 Å². The molecule has 2 aromatic carbocycles. The van der Waals surface area contributed by atoms with Crippen molar-refractivity contribution in [2.75, 3.05) is 40.5 Å². The third kappa shape index (κ3) is 7.24. The monoisotopic (exact) mass is 438 g/mol. The van der Waals surface area contributed by atoms with Crippen LogP contribution in [0.5, 0.6) is 5.75 Å². The molecule has 2 N–H and O–H groups in total. The lowest BCUT2D eigenvalue weighted by atomic mass is 10.1. The maximum Gasteiger partial charge on any atom is 0.191 e. The number of nitrogens with one attached hydrogen (secondary N) is 2. The zero-order chi connectivity index (χ0) is 22.8. The summed E-state index contributed by atoms with van der Waals surface area (Å²) in [7, 11) is 3.50. The van der Waals surface area contributed by atoms with Gasteiger partial charge in [-0.2, -0.15) is 0 Å². The fourth-order valence-electron chi connectivity index (χ4n) is 4.22. The van der Waals surface area contributed by atoms with Gasteiger partial charge >= 0.3 is 0 Å². The van der Waals surface area contributed by atoms with E-state index in [0.29, 0.717) is 31.7 Å². The number of benzene rings is 2. The molecule has 1 fully saturated rings. The molecule has 6 heteroatoms. The highest BCUT2D eigenvalue weighted by Crippen LogP contribution is 2.24. The van der Waals surface area contributed by atoms with Crippen molar-refractivity contribution >= 4 is 5.96 Å². The standard InChI is InChI=1S/C26H38N4O2/c1-20-10-11-24(25(14-20)32-13-12-31-4)17-29-26(27-3)28-16-23-15-21(2)30(19-23)18-22-8-6-5-7-9-22/h5-11,14,21,23H,12-13,15-19H2,1-4H3,(H2,27,28,29). The van der Waals surface area contributed by atoms with Crippen molar-refractivity contribution in [2.24, 2.45) is 10.9 Å². The first-order chi connectivity index (χ1) is 15.6. The van der Waals surface area contributed by atoms with Crippen LogP contribution >= 0.6 is 0 Å². The molecule has 2 unspecified atom stereocenters. The summed E-state index contributed by atoms with van der Waals surface area (Å²) in [6.07, 6.45) is 1.20. The highest BCUT2D eigenvalue weighted by molar-refractivity contribution is 5.79. The van der Waals surface area contributed by atoms with Gasteiger partial charge in [-0.05, 0) is 43.4 Å². The first kappa shape index (κ1) is 24.1. The lowest BCUT2D eigenvalue weighted by Crippen LogP contribution is -2.40. The molecule has 174 valence electrons. The summed E-state index contributed by atoms with van der Waals surface area (Å²) in [6, 6.07) is 17.6. The van der Waals surface area contributed by atoms with Gasteiger partial charge in [0.25, 0.3) is 0 Å². The van der Waals surface area contributed by atoms with Crippen molar-refractivity contribution in [3.05, 3.63) is 65.2 Å². The van der Waals surface area contributed by atoms with Crippen molar-refractivity contribution in [3.8, 4) is 5.75 Å². The molecule has 2 aromatic rings. The van der Waals surface area contributed by atoms with Crippen LogP contribution in [0.2, 0.25) is 0 Å². The topological polar surface area (TPSA) is 58.1 Å². The van der Waals surface area contributed by atoms with E-state index in [1.165, 1.54) is 17.5 Å². The van der Waals surface area contributed by atoms with E-state index in [0.717, 1.165) is 36.9 Å². The molecule has 6 nitrogen and oxygen atoms in total. The molecule has 0 spiro atoms. The van der Waals surface area contributed by atoms with Gasteiger partial charge < -0.3 is 20.1 Å². The number of aryl methyl sites for hydroxylation is 1. The lowest BCUT2D eigenvalue weighted by molar-refractivity contribution is 0.145. The highest BCUT2D eigenvalue weighted by Gasteiger charge is 2.28. The fourth-order valence-corrected chi connectivity index (χ4v) is 4.22. The molecule has 1 aliphatic heterocycles. The second kappa shape index (κ2) is 12.5. The molecule has 32 heavy (non-hydrogen) atoms. The Morgan fingerprint density at radius 1 is 1.12 bits per heavy atom. The van der Waals surface area contributed by atoms with E-state index in [-0.39, 0.29) is 0 Å². The zero-order valence-corrected chi connectivity index (χ0v) is 19.9. The number of methoxy groups -OCH3 is 1. The third-order valence-electron chi connectivity index (χ3n) is 6.01. The molecule has 1 saturated heterocycles. The largest absolute Gasteiger partial charge is 0.491 e. The Bertz CT molecular complexity index is 856. The first-order valence-electron chi connectivity index (χ1n) is 11.5. The van der Waals surface area contributed by atoms with Crippen molar-refractivity contribution in [1.82, 2.24) is 15.5 Å². The third-order valence-corrected chi connectivity index (χ3v) is 6.01. The van der Waals surface area contributed by atoms with Gasteiger partial charge in [-0.1, -0.05) is 42.5 Å². The van der Waals surface area contributed by atoms with Gasteiger partial charge in [0.2, 0.25) is 0 Å².